The molecule has 1 atom stereocenters. The SMILES string of the molecule is CCCC/C=C\C/C=C\CCCCCCCC(=O)OCC(COC(=O)CCCCCCCCCCCCCCC/C=C\CCCCCCCCCC)OC(=O)CCCCCCC/C=C\CCCCCCCCC. The Balaban J connectivity index is 4.27. The van der Waals surface area contributed by atoms with Gasteiger partial charge in [-0.05, 0) is 96.3 Å². The first-order chi connectivity index (χ1) is 36.0. The van der Waals surface area contributed by atoms with Gasteiger partial charge >= 0.3 is 17.9 Å². The van der Waals surface area contributed by atoms with Gasteiger partial charge in [0.25, 0.3) is 0 Å². The van der Waals surface area contributed by atoms with Crippen LogP contribution in [-0.2, 0) is 28.6 Å². The predicted octanol–water partition coefficient (Wildman–Crippen LogP) is 21.8. The van der Waals surface area contributed by atoms with Crippen LogP contribution in [0.3, 0.4) is 0 Å². The lowest BCUT2D eigenvalue weighted by molar-refractivity contribution is -0.167. The molecule has 6 heteroatoms. The maximum atomic E-state index is 12.9. The van der Waals surface area contributed by atoms with Gasteiger partial charge in [-0.3, -0.25) is 14.4 Å². The molecular weight excluding hydrogens is 901 g/mol. The quantitative estimate of drug-likeness (QED) is 0.0261. The molecule has 0 aliphatic rings. The van der Waals surface area contributed by atoms with Gasteiger partial charge in [-0.15, -0.1) is 0 Å². The number of hydrogen-bond acceptors (Lipinski definition) is 6. The van der Waals surface area contributed by atoms with E-state index in [1.54, 1.807) is 0 Å². The molecule has 6 nitrogen and oxygen atoms in total. The summed E-state index contributed by atoms with van der Waals surface area (Å²) in [4.78, 5) is 38.3. The van der Waals surface area contributed by atoms with Gasteiger partial charge in [0.05, 0.1) is 0 Å². The molecule has 0 saturated carbocycles. The highest BCUT2D eigenvalue weighted by Crippen LogP contribution is 2.17. The van der Waals surface area contributed by atoms with Crippen LogP contribution in [0.25, 0.3) is 0 Å². The molecule has 0 saturated heterocycles. The molecule has 0 aliphatic heterocycles. The fourth-order valence-electron chi connectivity index (χ4n) is 9.39. The Bertz CT molecular complexity index is 1270. The van der Waals surface area contributed by atoms with Crippen molar-refractivity contribution in [3.63, 3.8) is 0 Å². The van der Waals surface area contributed by atoms with Gasteiger partial charge in [-0.25, -0.2) is 0 Å². The highest BCUT2D eigenvalue weighted by atomic mass is 16.6. The van der Waals surface area contributed by atoms with Crippen LogP contribution in [0.1, 0.15) is 342 Å². The van der Waals surface area contributed by atoms with Crippen molar-refractivity contribution in [1.82, 2.24) is 0 Å². The van der Waals surface area contributed by atoms with E-state index in [4.69, 9.17) is 14.2 Å². The number of allylic oxidation sites excluding steroid dienone is 8. The highest BCUT2D eigenvalue weighted by Gasteiger charge is 2.19. The van der Waals surface area contributed by atoms with Gasteiger partial charge < -0.3 is 14.2 Å². The van der Waals surface area contributed by atoms with Crippen LogP contribution in [-0.4, -0.2) is 37.2 Å². The number of esters is 3. The Kier molecular flexibility index (Phi) is 59.7. The van der Waals surface area contributed by atoms with E-state index in [0.29, 0.717) is 19.3 Å². The summed E-state index contributed by atoms with van der Waals surface area (Å²) >= 11 is 0. The van der Waals surface area contributed by atoms with Crippen molar-refractivity contribution in [1.29, 1.82) is 0 Å². The van der Waals surface area contributed by atoms with Gasteiger partial charge in [-0.2, -0.15) is 0 Å². The lowest BCUT2D eigenvalue weighted by Crippen LogP contribution is -2.30. The first kappa shape index (κ1) is 70.4. The van der Waals surface area contributed by atoms with Gasteiger partial charge in [-0.1, -0.05) is 275 Å². The average molecular weight is 1020 g/mol. The lowest BCUT2D eigenvalue weighted by atomic mass is 10.0. The summed E-state index contributed by atoms with van der Waals surface area (Å²) in [6.45, 7) is 6.62. The van der Waals surface area contributed by atoms with Crippen molar-refractivity contribution in [2.45, 2.75) is 348 Å². The number of ether oxygens (including phenoxy) is 3. The Labute approximate surface area is 454 Å². The Morgan fingerprint density at radius 1 is 0.274 bits per heavy atom. The van der Waals surface area contributed by atoms with Crippen LogP contribution in [0.15, 0.2) is 48.6 Å². The van der Waals surface area contributed by atoms with Crippen molar-refractivity contribution in [2.24, 2.45) is 0 Å². The molecule has 0 bridgehead atoms. The molecule has 0 heterocycles. The molecule has 73 heavy (non-hydrogen) atoms. The Morgan fingerprint density at radius 2 is 0.507 bits per heavy atom. The second kappa shape index (κ2) is 61.9. The van der Waals surface area contributed by atoms with Crippen LogP contribution < -0.4 is 0 Å². The van der Waals surface area contributed by atoms with Gasteiger partial charge in [0.1, 0.15) is 13.2 Å². The van der Waals surface area contributed by atoms with Crippen LogP contribution >= 0.6 is 0 Å². The maximum Gasteiger partial charge on any atom is 0.306 e. The fourth-order valence-corrected chi connectivity index (χ4v) is 9.39. The van der Waals surface area contributed by atoms with E-state index in [1.165, 1.54) is 212 Å². The van der Waals surface area contributed by atoms with Crippen LogP contribution in [0.4, 0.5) is 0 Å². The summed E-state index contributed by atoms with van der Waals surface area (Å²) in [6, 6.07) is 0. The maximum absolute atomic E-state index is 12.9. The normalized spacial score (nSPS) is 12.3. The summed E-state index contributed by atoms with van der Waals surface area (Å²) in [6.07, 6.45) is 76.9. The molecule has 0 N–H and O–H groups in total. The van der Waals surface area contributed by atoms with Gasteiger partial charge in [0.2, 0.25) is 0 Å². The van der Waals surface area contributed by atoms with Crippen molar-refractivity contribution < 1.29 is 28.6 Å². The Hall–Kier alpha value is -2.63. The molecular formula is C67H122O6. The molecule has 0 aromatic rings. The monoisotopic (exact) mass is 1020 g/mol. The van der Waals surface area contributed by atoms with Crippen molar-refractivity contribution in [3.05, 3.63) is 48.6 Å². The first-order valence-corrected chi connectivity index (χ1v) is 32.1. The molecule has 0 amide bonds. The highest BCUT2D eigenvalue weighted by molar-refractivity contribution is 5.71. The summed E-state index contributed by atoms with van der Waals surface area (Å²) in [5.41, 5.74) is 0. The molecule has 0 aliphatic carbocycles. The summed E-state index contributed by atoms with van der Waals surface area (Å²) in [5.74, 6) is -0.884. The summed E-state index contributed by atoms with van der Waals surface area (Å²) in [5, 5.41) is 0. The zero-order valence-corrected chi connectivity index (χ0v) is 48.9. The van der Waals surface area contributed by atoms with Crippen LogP contribution in [0.5, 0.6) is 0 Å². The fraction of sp³-hybridized carbons (Fsp3) is 0.836. The van der Waals surface area contributed by atoms with Crippen molar-refractivity contribution >= 4 is 17.9 Å². The van der Waals surface area contributed by atoms with E-state index in [1.807, 2.05) is 0 Å². The summed E-state index contributed by atoms with van der Waals surface area (Å²) in [7, 11) is 0. The number of carbonyl (C=O) groups is 3. The molecule has 0 spiro atoms. The van der Waals surface area contributed by atoms with Crippen LogP contribution in [0, 0.1) is 0 Å². The van der Waals surface area contributed by atoms with E-state index in [-0.39, 0.29) is 31.1 Å². The molecule has 0 rings (SSSR count). The largest absolute Gasteiger partial charge is 0.462 e. The second-order valence-corrected chi connectivity index (χ2v) is 21.7. The van der Waals surface area contributed by atoms with Crippen molar-refractivity contribution in [2.75, 3.05) is 13.2 Å². The number of unbranched alkanes of at least 4 members (excludes halogenated alkanes) is 40. The minimum Gasteiger partial charge on any atom is -0.462 e. The number of rotatable bonds is 59. The topological polar surface area (TPSA) is 78.9 Å². The van der Waals surface area contributed by atoms with E-state index in [0.717, 1.165) is 89.9 Å². The standard InChI is InChI=1S/C67H122O6/c1-4-7-10-13-16-19-22-25-28-30-31-32-33-34-35-36-37-38-40-42-45-48-51-54-57-60-66(69)72-63-64(62-71-65(68)59-56-53-50-47-44-41-27-24-21-18-15-12-9-6-3)73-67(70)61-58-55-52-49-46-43-39-29-26-23-20-17-14-11-8-5-2/h15,18,24,27,29-31,39,64H,4-14,16-17,19-23,25-26,28,32-38,40-63H2,1-3H3/b18-15-,27-24-,31-30-,39-29-. The molecule has 1 unspecified atom stereocenters. The lowest BCUT2D eigenvalue weighted by Gasteiger charge is -2.18. The predicted molar refractivity (Wildman–Crippen MR) is 316 cm³/mol. The molecule has 0 radical (unpaired) electrons. The van der Waals surface area contributed by atoms with E-state index >= 15 is 0 Å². The smallest absolute Gasteiger partial charge is 0.306 e. The van der Waals surface area contributed by atoms with Gasteiger partial charge in [0, 0.05) is 19.3 Å². The van der Waals surface area contributed by atoms with Crippen LogP contribution in [0.2, 0.25) is 0 Å². The third-order valence-corrected chi connectivity index (χ3v) is 14.3. The minimum absolute atomic E-state index is 0.0787. The number of carbonyl (C=O) groups excluding carboxylic acids is 3. The molecule has 0 aromatic carbocycles. The van der Waals surface area contributed by atoms with E-state index in [2.05, 4.69) is 69.4 Å². The number of hydrogen-bond donors (Lipinski definition) is 0. The molecule has 426 valence electrons. The van der Waals surface area contributed by atoms with Gasteiger partial charge in [0.15, 0.2) is 6.10 Å². The van der Waals surface area contributed by atoms with E-state index < -0.39 is 6.10 Å². The second-order valence-electron chi connectivity index (χ2n) is 21.7. The summed E-state index contributed by atoms with van der Waals surface area (Å²) < 4.78 is 16.9. The zero-order chi connectivity index (χ0) is 52.9. The van der Waals surface area contributed by atoms with Crippen molar-refractivity contribution in [3.8, 4) is 0 Å². The third kappa shape index (κ3) is 60.1. The first-order valence-electron chi connectivity index (χ1n) is 32.1. The average Bonchev–Trinajstić information content (AvgIpc) is 3.39. The zero-order valence-electron chi connectivity index (χ0n) is 48.9. The molecule has 0 aromatic heterocycles. The third-order valence-electron chi connectivity index (χ3n) is 14.3. The molecule has 0 fully saturated rings. The van der Waals surface area contributed by atoms with E-state index in [9.17, 15) is 14.4 Å². The Morgan fingerprint density at radius 3 is 0.808 bits per heavy atom. The minimum atomic E-state index is -0.783.